The first kappa shape index (κ1) is 13.4. The van der Waals surface area contributed by atoms with Crippen molar-refractivity contribution >= 4 is 15.5 Å². The third kappa shape index (κ3) is 1.83. The Labute approximate surface area is 110 Å². The minimum atomic E-state index is -3.18. The van der Waals surface area contributed by atoms with Gasteiger partial charge in [0.25, 0.3) is 0 Å². The van der Waals surface area contributed by atoms with Crippen LogP contribution in [0.1, 0.15) is 27.7 Å². The molecule has 1 heterocycles. The van der Waals surface area contributed by atoms with Crippen molar-refractivity contribution in [1.29, 1.82) is 0 Å². The molecule has 1 aromatic carbocycles. The number of nitrogens with zero attached hydrogens (tertiary/aromatic N) is 1. The second-order valence-corrected chi connectivity index (χ2v) is 8.25. The number of benzene rings is 1. The van der Waals surface area contributed by atoms with Crippen LogP contribution in [0.2, 0.25) is 0 Å². The van der Waals surface area contributed by atoms with Gasteiger partial charge in [0, 0.05) is 23.8 Å². The number of anilines is 1. The molecule has 18 heavy (non-hydrogen) atoms. The first-order valence-corrected chi connectivity index (χ1v) is 8.03. The van der Waals surface area contributed by atoms with Gasteiger partial charge in [-0.1, -0.05) is 26.0 Å². The Morgan fingerprint density at radius 1 is 1.11 bits per heavy atom. The van der Waals surface area contributed by atoms with Crippen LogP contribution in [-0.4, -0.2) is 26.8 Å². The molecular weight excluding hydrogens is 246 g/mol. The number of rotatable bonds is 2. The molecule has 0 saturated carbocycles. The molecule has 0 atom stereocenters. The molecule has 2 rings (SSSR count). The van der Waals surface area contributed by atoms with E-state index in [-0.39, 0.29) is 11.0 Å². The summed E-state index contributed by atoms with van der Waals surface area (Å²) < 4.78 is 23.7. The Kier molecular flexibility index (Phi) is 2.78. The average Bonchev–Trinajstić information content (AvgIpc) is 2.25. The number of para-hydroxylation sites is 1. The number of sulfone groups is 1. The molecule has 0 spiro atoms. The lowest BCUT2D eigenvalue weighted by Crippen LogP contribution is -2.69. The summed E-state index contributed by atoms with van der Waals surface area (Å²) in [6, 6.07) is 7.25. The van der Waals surface area contributed by atoms with Gasteiger partial charge in [-0.3, -0.25) is 0 Å². The van der Waals surface area contributed by atoms with Crippen LogP contribution in [0.25, 0.3) is 0 Å². The third-order valence-corrected chi connectivity index (χ3v) is 5.58. The van der Waals surface area contributed by atoms with Crippen molar-refractivity contribution in [3.05, 3.63) is 24.3 Å². The van der Waals surface area contributed by atoms with Crippen molar-refractivity contribution in [3.8, 4) is 0 Å². The third-order valence-electron chi connectivity index (χ3n) is 4.44. The summed E-state index contributed by atoms with van der Waals surface area (Å²) in [7, 11) is -3.18. The molecule has 1 aromatic rings. The standard InChI is InChI=1S/C14H21NO2S/c1-13(2)10-15(14(13,3)4)11-8-6-7-9-12(11)18(5,16)17/h6-9H,10H2,1-5H3. The molecule has 0 N–H and O–H groups in total. The lowest BCUT2D eigenvalue weighted by Gasteiger charge is -2.62. The Morgan fingerprint density at radius 3 is 2.11 bits per heavy atom. The van der Waals surface area contributed by atoms with Crippen molar-refractivity contribution < 1.29 is 8.42 Å². The fourth-order valence-corrected chi connectivity index (χ4v) is 3.32. The maximum Gasteiger partial charge on any atom is 0.177 e. The van der Waals surface area contributed by atoms with Crippen LogP contribution >= 0.6 is 0 Å². The second kappa shape index (κ2) is 3.73. The highest BCUT2D eigenvalue weighted by atomic mass is 32.2. The molecule has 0 aliphatic carbocycles. The molecule has 0 aromatic heterocycles. The highest BCUT2D eigenvalue weighted by Crippen LogP contribution is 2.49. The van der Waals surface area contributed by atoms with Gasteiger partial charge < -0.3 is 4.90 Å². The molecule has 0 bridgehead atoms. The van der Waals surface area contributed by atoms with E-state index in [4.69, 9.17) is 0 Å². The van der Waals surface area contributed by atoms with Crippen LogP contribution in [-0.2, 0) is 9.84 Å². The second-order valence-electron chi connectivity index (χ2n) is 6.27. The maximum atomic E-state index is 11.8. The van der Waals surface area contributed by atoms with Crippen LogP contribution in [0.15, 0.2) is 29.2 Å². The van der Waals surface area contributed by atoms with Crippen molar-refractivity contribution in [2.45, 2.75) is 38.1 Å². The first-order chi connectivity index (χ1) is 8.07. The SMILES string of the molecule is CC1(C)CN(c2ccccc2S(C)(=O)=O)C1(C)C. The summed E-state index contributed by atoms with van der Waals surface area (Å²) in [5.74, 6) is 0. The summed E-state index contributed by atoms with van der Waals surface area (Å²) in [5.41, 5.74) is 0.982. The summed E-state index contributed by atoms with van der Waals surface area (Å²) in [5, 5.41) is 0. The molecule has 0 unspecified atom stereocenters. The molecule has 1 aliphatic rings. The van der Waals surface area contributed by atoms with Gasteiger partial charge >= 0.3 is 0 Å². The lowest BCUT2D eigenvalue weighted by molar-refractivity contribution is 0.0971. The number of hydrogen-bond acceptors (Lipinski definition) is 3. The lowest BCUT2D eigenvalue weighted by atomic mass is 9.65. The smallest absolute Gasteiger partial charge is 0.177 e. The van der Waals surface area contributed by atoms with Gasteiger partial charge in [0.05, 0.1) is 10.6 Å². The minimum Gasteiger partial charge on any atom is -0.364 e. The molecule has 0 amide bonds. The van der Waals surface area contributed by atoms with E-state index in [0.717, 1.165) is 12.2 Å². The summed E-state index contributed by atoms with van der Waals surface area (Å²) >= 11 is 0. The topological polar surface area (TPSA) is 37.4 Å². The van der Waals surface area contributed by atoms with Crippen LogP contribution in [0, 0.1) is 5.41 Å². The van der Waals surface area contributed by atoms with E-state index >= 15 is 0 Å². The van der Waals surface area contributed by atoms with E-state index in [1.807, 2.05) is 12.1 Å². The molecular formula is C14H21NO2S. The van der Waals surface area contributed by atoms with Crippen molar-refractivity contribution in [1.82, 2.24) is 0 Å². The monoisotopic (exact) mass is 267 g/mol. The van der Waals surface area contributed by atoms with E-state index in [1.165, 1.54) is 6.26 Å². The molecule has 0 radical (unpaired) electrons. The predicted octanol–water partition coefficient (Wildman–Crippen LogP) is 2.71. The fourth-order valence-electron chi connectivity index (χ4n) is 2.44. The molecule has 3 nitrogen and oxygen atoms in total. The Balaban J connectivity index is 2.50. The number of hydrogen-bond donors (Lipinski definition) is 0. The van der Waals surface area contributed by atoms with Crippen molar-refractivity contribution in [3.63, 3.8) is 0 Å². The van der Waals surface area contributed by atoms with Crippen LogP contribution < -0.4 is 4.90 Å². The van der Waals surface area contributed by atoms with Gasteiger partial charge in [-0.2, -0.15) is 0 Å². The van der Waals surface area contributed by atoms with E-state index < -0.39 is 9.84 Å². The van der Waals surface area contributed by atoms with Gasteiger partial charge in [-0.15, -0.1) is 0 Å². The summed E-state index contributed by atoms with van der Waals surface area (Å²) in [6.07, 6.45) is 1.27. The average molecular weight is 267 g/mol. The summed E-state index contributed by atoms with van der Waals surface area (Å²) in [6.45, 7) is 9.64. The zero-order chi connectivity index (χ0) is 13.8. The van der Waals surface area contributed by atoms with Crippen LogP contribution in [0.4, 0.5) is 5.69 Å². The largest absolute Gasteiger partial charge is 0.364 e. The highest BCUT2D eigenvalue weighted by molar-refractivity contribution is 7.90. The van der Waals surface area contributed by atoms with Gasteiger partial charge in [0.2, 0.25) is 0 Å². The maximum absolute atomic E-state index is 11.8. The molecule has 4 heteroatoms. The van der Waals surface area contributed by atoms with E-state index in [1.54, 1.807) is 12.1 Å². The quantitative estimate of drug-likeness (QED) is 0.827. The molecule has 1 saturated heterocycles. The molecule has 100 valence electrons. The predicted molar refractivity (Wildman–Crippen MR) is 74.8 cm³/mol. The van der Waals surface area contributed by atoms with Gasteiger partial charge in [-0.25, -0.2) is 8.42 Å². The normalized spacial score (nSPS) is 21.5. The van der Waals surface area contributed by atoms with Gasteiger partial charge in [0.15, 0.2) is 9.84 Å². The van der Waals surface area contributed by atoms with Crippen molar-refractivity contribution in [2.24, 2.45) is 5.41 Å². The highest BCUT2D eigenvalue weighted by Gasteiger charge is 2.53. The summed E-state index contributed by atoms with van der Waals surface area (Å²) in [4.78, 5) is 2.61. The fraction of sp³-hybridized carbons (Fsp3) is 0.571. The van der Waals surface area contributed by atoms with Crippen LogP contribution in [0.3, 0.4) is 0 Å². The van der Waals surface area contributed by atoms with Crippen molar-refractivity contribution in [2.75, 3.05) is 17.7 Å². The van der Waals surface area contributed by atoms with Crippen LogP contribution in [0.5, 0.6) is 0 Å². The Morgan fingerprint density at radius 2 is 1.67 bits per heavy atom. The van der Waals surface area contributed by atoms with Gasteiger partial charge in [0.1, 0.15) is 0 Å². The first-order valence-electron chi connectivity index (χ1n) is 6.14. The Hall–Kier alpha value is -1.03. The zero-order valence-corrected chi connectivity index (χ0v) is 12.5. The Bertz CT molecular complexity index is 573. The molecule has 1 aliphatic heterocycles. The zero-order valence-electron chi connectivity index (χ0n) is 11.7. The van der Waals surface area contributed by atoms with E-state index in [0.29, 0.717) is 4.90 Å². The van der Waals surface area contributed by atoms with E-state index in [9.17, 15) is 8.42 Å². The van der Waals surface area contributed by atoms with E-state index in [2.05, 4.69) is 32.6 Å². The molecule has 1 fully saturated rings. The van der Waals surface area contributed by atoms with Gasteiger partial charge in [-0.05, 0) is 26.0 Å². The minimum absolute atomic E-state index is 0.0339.